The van der Waals surface area contributed by atoms with E-state index in [0.717, 1.165) is 43.2 Å². The van der Waals surface area contributed by atoms with E-state index < -0.39 is 5.54 Å². The van der Waals surface area contributed by atoms with E-state index in [2.05, 4.69) is 23.5 Å². The van der Waals surface area contributed by atoms with Crippen molar-refractivity contribution in [1.29, 1.82) is 0 Å². The molecule has 1 aromatic carbocycles. The molecule has 2 spiro atoms. The summed E-state index contributed by atoms with van der Waals surface area (Å²) in [5, 5.41) is 3.18. The normalized spacial score (nSPS) is 33.4. The number of aryl methyl sites for hydroxylation is 1. The van der Waals surface area contributed by atoms with Crippen molar-refractivity contribution in [3.8, 4) is 0 Å². The molecule has 1 atom stereocenters. The van der Waals surface area contributed by atoms with Crippen LogP contribution >= 0.6 is 0 Å². The first-order valence-electron chi connectivity index (χ1n) is 9.63. The molecule has 0 radical (unpaired) electrons. The number of nitrogens with zero attached hydrogens (tertiary/aromatic N) is 1. The zero-order valence-electron chi connectivity index (χ0n) is 16.1. The highest BCUT2D eigenvalue weighted by Gasteiger charge is 2.68. The lowest BCUT2D eigenvalue weighted by Crippen LogP contribution is -2.57. The molecule has 1 N–H and O–H groups in total. The SMILES string of the molecule is COC1CCC2(CC1)Cc1ccc(C)cc1C21NC(=O)N(C(C)C)C1=O. The molecule has 1 saturated carbocycles. The van der Waals surface area contributed by atoms with Crippen LogP contribution in [0.2, 0.25) is 0 Å². The number of imide groups is 1. The first kappa shape index (κ1) is 17.5. The summed E-state index contributed by atoms with van der Waals surface area (Å²) in [6, 6.07) is 5.94. The number of carbonyl (C=O) groups is 2. The van der Waals surface area contributed by atoms with Gasteiger partial charge in [-0.05, 0) is 64.0 Å². The minimum atomic E-state index is -0.922. The second-order valence-corrected chi connectivity index (χ2v) is 8.50. The molecule has 5 nitrogen and oxygen atoms in total. The Morgan fingerprint density at radius 3 is 2.50 bits per heavy atom. The van der Waals surface area contributed by atoms with Crippen LogP contribution in [0.5, 0.6) is 0 Å². The van der Waals surface area contributed by atoms with Gasteiger partial charge in [-0.15, -0.1) is 0 Å². The first-order chi connectivity index (χ1) is 12.3. The van der Waals surface area contributed by atoms with E-state index in [-0.39, 0.29) is 29.5 Å². The molecule has 26 heavy (non-hydrogen) atoms. The molecule has 3 amide bonds. The molecule has 4 rings (SSSR count). The Hall–Kier alpha value is -1.88. The Bertz CT molecular complexity index is 765. The molecule has 0 bridgehead atoms. The molecule has 0 aromatic heterocycles. The molecule has 3 aliphatic rings. The Morgan fingerprint density at radius 1 is 1.23 bits per heavy atom. The number of hydrogen-bond acceptors (Lipinski definition) is 3. The number of nitrogens with one attached hydrogen (secondary N) is 1. The van der Waals surface area contributed by atoms with Gasteiger partial charge in [0.15, 0.2) is 5.54 Å². The summed E-state index contributed by atoms with van der Waals surface area (Å²) in [6.07, 6.45) is 4.72. The van der Waals surface area contributed by atoms with Crippen LogP contribution in [0.3, 0.4) is 0 Å². The molecule has 140 valence electrons. The van der Waals surface area contributed by atoms with Gasteiger partial charge in [0.25, 0.3) is 5.91 Å². The Morgan fingerprint density at radius 2 is 1.92 bits per heavy atom. The van der Waals surface area contributed by atoms with E-state index in [1.54, 1.807) is 7.11 Å². The maximum atomic E-state index is 13.7. The fourth-order valence-electron chi connectivity index (χ4n) is 5.47. The van der Waals surface area contributed by atoms with Gasteiger partial charge in [-0.25, -0.2) is 4.79 Å². The summed E-state index contributed by atoms with van der Waals surface area (Å²) in [6.45, 7) is 5.84. The predicted octanol–water partition coefficient (Wildman–Crippen LogP) is 3.28. The number of methoxy groups -OCH3 is 1. The van der Waals surface area contributed by atoms with E-state index in [9.17, 15) is 9.59 Å². The van der Waals surface area contributed by atoms with Crippen LogP contribution in [0, 0.1) is 12.3 Å². The number of urea groups is 1. The van der Waals surface area contributed by atoms with Crippen LogP contribution < -0.4 is 5.32 Å². The molecule has 2 aliphatic carbocycles. The summed E-state index contributed by atoms with van der Waals surface area (Å²) in [5.74, 6) is -0.0716. The summed E-state index contributed by atoms with van der Waals surface area (Å²) in [4.78, 5) is 27.9. The number of hydrogen-bond donors (Lipinski definition) is 1. The standard InChI is InChI=1S/C21H28N2O3/c1-13(2)23-18(24)21(22-19(23)25)17-11-14(3)5-6-15(17)12-20(21)9-7-16(26-4)8-10-20/h5-6,11,13,16H,7-10,12H2,1-4H3,(H,22,25). The lowest BCUT2D eigenvalue weighted by atomic mass is 9.61. The van der Waals surface area contributed by atoms with Gasteiger partial charge < -0.3 is 10.1 Å². The number of amides is 3. The van der Waals surface area contributed by atoms with Crippen LogP contribution in [0.1, 0.15) is 56.2 Å². The maximum absolute atomic E-state index is 13.7. The fraction of sp³-hybridized carbons (Fsp3) is 0.619. The Balaban J connectivity index is 1.87. The first-order valence-corrected chi connectivity index (χ1v) is 9.63. The third kappa shape index (κ3) is 2.13. The van der Waals surface area contributed by atoms with Crippen molar-refractivity contribution in [1.82, 2.24) is 10.2 Å². The third-order valence-corrected chi connectivity index (χ3v) is 6.79. The molecule has 1 saturated heterocycles. The van der Waals surface area contributed by atoms with Gasteiger partial charge in [-0.2, -0.15) is 0 Å². The van der Waals surface area contributed by atoms with Gasteiger partial charge in [0, 0.05) is 18.6 Å². The second-order valence-electron chi connectivity index (χ2n) is 8.50. The van der Waals surface area contributed by atoms with Gasteiger partial charge in [0.1, 0.15) is 0 Å². The maximum Gasteiger partial charge on any atom is 0.325 e. The van der Waals surface area contributed by atoms with Crippen molar-refractivity contribution in [2.75, 3.05) is 7.11 Å². The Labute approximate surface area is 155 Å². The fourth-order valence-corrected chi connectivity index (χ4v) is 5.47. The van der Waals surface area contributed by atoms with Crippen LogP contribution in [-0.2, 0) is 21.5 Å². The smallest absolute Gasteiger partial charge is 0.325 e. The van der Waals surface area contributed by atoms with Gasteiger partial charge >= 0.3 is 6.03 Å². The minimum Gasteiger partial charge on any atom is -0.381 e. The predicted molar refractivity (Wildman–Crippen MR) is 98.8 cm³/mol. The largest absolute Gasteiger partial charge is 0.381 e. The summed E-state index contributed by atoms with van der Waals surface area (Å²) >= 11 is 0. The van der Waals surface area contributed by atoms with E-state index >= 15 is 0 Å². The average Bonchev–Trinajstić information content (AvgIpc) is 3.02. The number of fused-ring (bicyclic) bond motifs is 3. The lowest BCUT2D eigenvalue weighted by Gasteiger charge is -2.46. The van der Waals surface area contributed by atoms with E-state index in [1.165, 1.54) is 10.5 Å². The molecular formula is C21H28N2O3. The molecule has 2 fully saturated rings. The zero-order chi connectivity index (χ0) is 18.7. The van der Waals surface area contributed by atoms with Gasteiger partial charge in [0.2, 0.25) is 0 Å². The van der Waals surface area contributed by atoms with Crippen LogP contribution in [0.25, 0.3) is 0 Å². The molecule has 5 heteroatoms. The van der Waals surface area contributed by atoms with Crippen molar-refractivity contribution < 1.29 is 14.3 Å². The number of rotatable bonds is 2. The van der Waals surface area contributed by atoms with E-state index in [1.807, 2.05) is 20.8 Å². The molecule has 1 heterocycles. The topological polar surface area (TPSA) is 58.6 Å². The highest BCUT2D eigenvalue weighted by Crippen LogP contribution is 2.60. The van der Waals surface area contributed by atoms with Crippen molar-refractivity contribution >= 4 is 11.9 Å². The quantitative estimate of drug-likeness (QED) is 0.828. The highest BCUT2D eigenvalue weighted by atomic mass is 16.5. The van der Waals surface area contributed by atoms with Crippen LogP contribution in [0.4, 0.5) is 4.79 Å². The monoisotopic (exact) mass is 356 g/mol. The summed E-state index contributed by atoms with van der Waals surface area (Å²) in [5.41, 5.74) is 2.15. The van der Waals surface area contributed by atoms with Crippen LogP contribution in [-0.4, -0.2) is 36.1 Å². The van der Waals surface area contributed by atoms with Gasteiger partial charge in [0.05, 0.1) is 6.10 Å². The summed E-state index contributed by atoms with van der Waals surface area (Å²) in [7, 11) is 1.76. The minimum absolute atomic E-state index is 0.0716. The molecule has 1 aliphatic heterocycles. The van der Waals surface area contributed by atoms with Gasteiger partial charge in [-0.3, -0.25) is 9.69 Å². The number of carbonyl (C=O) groups excluding carboxylic acids is 2. The number of ether oxygens (including phenoxy) is 1. The number of benzene rings is 1. The van der Waals surface area contributed by atoms with E-state index in [0.29, 0.717) is 0 Å². The van der Waals surface area contributed by atoms with E-state index in [4.69, 9.17) is 4.74 Å². The lowest BCUT2D eigenvalue weighted by molar-refractivity contribution is -0.139. The van der Waals surface area contributed by atoms with Crippen molar-refractivity contribution in [2.45, 2.75) is 70.6 Å². The van der Waals surface area contributed by atoms with Crippen LogP contribution in [0.15, 0.2) is 18.2 Å². The summed E-state index contributed by atoms with van der Waals surface area (Å²) < 4.78 is 5.57. The average molecular weight is 356 g/mol. The van der Waals surface area contributed by atoms with Crippen molar-refractivity contribution in [2.24, 2.45) is 5.41 Å². The molecule has 1 aromatic rings. The van der Waals surface area contributed by atoms with Gasteiger partial charge in [-0.1, -0.05) is 23.8 Å². The Kier molecular flexibility index (Phi) is 3.92. The molecule has 1 unspecified atom stereocenters. The van der Waals surface area contributed by atoms with Crippen molar-refractivity contribution in [3.63, 3.8) is 0 Å². The zero-order valence-corrected chi connectivity index (χ0v) is 16.1. The second kappa shape index (κ2) is 5.81. The third-order valence-electron chi connectivity index (χ3n) is 6.79. The van der Waals surface area contributed by atoms with Crippen molar-refractivity contribution in [3.05, 3.63) is 34.9 Å². The molecular weight excluding hydrogens is 328 g/mol. The highest BCUT2D eigenvalue weighted by molar-refractivity contribution is 6.09.